The lowest BCUT2D eigenvalue weighted by atomic mass is 10.0. The summed E-state index contributed by atoms with van der Waals surface area (Å²) in [6.45, 7) is 1.86. The van der Waals surface area contributed by atoms with Crippen molar-refractivity contribution >= 4 is 5.91 Å². The number of hydrogen-bond donors (Lipinski definition) is 0. The normalized spacial score (nSPS) is 18.8. The number of nitrogens with zero attached hydrogens (tertiary/aromatic N) is 1. The van der Waals surface area contributed by atoms with Crippen LogP contribution in [0.2, 0.25) is 0 Å². The molecule has 0 bridgehead atoms. The first kappa shape index (κ1) is 16.9. The fraction of sp³-hybridized carbons (Fsp3) is 0.381. The van der Waals surface area contributed by atoms with Crippen LogP contribution >= 0.6 is 0 Å². The second-order valence-corrected chi connectivity index (χ2v) is 6.74. The molecule has 0 radical (unpaired) electrons. The van der Waals surface area contributed by atoms with E-state index >= 15 is 0 Å². The smallest absolute Gasteiger partial charge is 0.223 e. The molecule has 1 unspecified atom stereocenters. The summed E-state index contributed by atoms with van der Waals surface area (Å²) >= 11 is 0. The Morgan fingerprint density at radius 1 is 1.12 bits per heavy atom. The zero-order valence-electron chi connectivity index (χ0n) is 14.6. The Kier molecular flexibility index (Phi) is 4.78. The average molecular weight is 355 g/mol. The van der Waals surface area contributed by atoms with E-state index < -0.39 is 0 Å². The molecule has 26 heavy (non-hydrogen) atoms. The molecule has 4 rings (SSSR count). The summed E-state index contributed by atoms with van der Waals surface area (Å²) in [4.78, 5) is 14.7. The number of hydrogen-bond acceptors (Lipinski definition) is 3. The van der Waals surface area contributed by atoms with Gasteiger partial charge in [-0.25, -0.2) is 4.39 Å². The molecule has 0 aliphatic carbocycles. The first-order chi connectivity index (χ1) is 12.7. The fourth-order valence-electron chi connectivity index (χ4n) is 3.77. The molecule has 0 spiro atoms. The van der Waals surface area contributed by atoms with Crippen LogP contribution in [0.5, 0.6) is 11.5 Å². The van der Waals surface area contributed by atoms with Crippen LogP contribution in [0.25, 0.3) is 0 Å². The minimum absolute atomic E-state index is 0.0546. The zero-order valence-corrected chi connectivity index (χ0v) is 14.6. The van der Waals surface area contributed by atoms with E-state index in [2.05, 4.69) is 0 Å². The van der Waals surface area contributed by atoms with Crippen molar-refractivity contribution in [2.45, 2.75) is 31.7 Å². The van der Waals surface area contributed by atoms with Gasteiger partial charge in [-0.05, 0) is 48.6 Å². The van der Waals surface area contributed by atoms with E-state index in [1.54, 1.807) is 18.2 Å². The lowest BCUT2D eigenvalue weighted by Gasteiger charge is -2.27. The molecule has 0 aromatic heterocycles. The van der Waals surface area contributed by atoms with E-state index in [4.69, 9.17) is 9.47 Å². The predicted octanol–water partition coefficient (Wildman–Crippen LogP) is 3.89. The van der Waals surface area contributed by atoms with E-state index in [0.29, 0.717) is 31.6 Å². The summed E-state index contributed by atoms with van der Waals surface area (Å²) in [6, 6.07) is 12.6. The molecule has 2 aliphatic heterocycles. The molecule has 0 saturated carbocycles. The summed E-state index contributed by atoms with van der Waals surface area (Å²) in [7, 11) is 0. The van der Waals surface area contributed by atoms with Gasteiger partial charge in [-0.15, -0.1) is 0 Å². The van der Waals surface area contributed by atoms with Crippen molar-refractivity contribution in [1.29, 1.82) is 0 Å². The summed E-state index contributed by atoms with van der Waals surface area (Å²) in [5, 5.41) is 0. The third-order valence-electron chi connectivity index (χ3n) is 5.09. The maximum Gasteiger partial charge on any atom is 0.223 e. The Bertz CT molecular complexity index is 808. The van der Waals surface area contributed by atoms with Crippen LogP contribution < -0.4 is 9.47 Å². The molecule has 2 aromatic carbocycles. The molecule has 1 fully saturated rings. The minimum atomic E-state index is -0.245. The van der Waals surface area contributed by atoms with E-state index in [1.165, 1.54) is 6.07 Å². The molecule has 1 saturated heterocycles. The highest BCUT2D eigenvalue weighted by Crippen LogP contribution is 2.38. The SMILES string of the molecule is O=C(CCc1ccccc1F)N1CCCC1c1ccc2c(c1)OCCO2. The fourth-order valence-corrected chi connectivity index (χ4v) is 3.77. The van der Waals surface area contributed by atoms with Crippen molar-refractivity contribution in [2.24, 2.45) is 0 Å². The van der Waals surface area contributed by atoms with E-state index in [-0.39, 0.29) is 17.8 Å². The van der Waals surface area contributed by atoms with Gasteiger partial charge in [-0.3, -0.25) is 4.79 Å². The van der Waals surface area contributed by atoms with Crippen molar-refractivity contribution < 1.29 is 18.7 Å². The number of amides is 1. The third kappa shape index (κ3) is 3.39. The quantitative estimate of drug-likeness (QED) is 0.835. The first-order valence-corrected chi connectivity index (χ1v) is 9.15. The molecular formula is C21H22FNO3. The highest BCUT2D eigenvalue weighted by Gasteiger charge is 2.30. The molecule has 0 N–H and O–H groups in total. The maximum absolute atomic E-state index is 13.8. The number of carbonyl (C=O) groups excluding carboxylic acids is 1. The molecule has 1 amide bonds. The lowest BCUT2D eigenvalue weighted by molar-refractivity contribution is -0.132. The van der Waals surface area contributed by atoms with Gasteiger partial charge < -0.3 is 14.4 Å². The van der Waals surface area contributed by atoms with E-state index in [1.807, 2.05) is 23.1 Å². The van der Waals surface area contributed by atoms with Crippen LogP contribution in [0.1, 0.15) is 36.4 Å². The Morgan fingerprint density at radius 2 is 1.92 bits per heavy atom. The molecule has 1 atom stereocenters. The van der Waals surface area contributed by atoms with Crippen molar-refractivity contribution in [3.05, 3.63) is 59.4 Å². The first-order valence-electron chi connectivity index (χ1n) is 9.15. The van der Waals surface area contributed by atoms with Crippen molar-refractivity contribution in [1.82, 2.24) is 4.90 Å². The van der Waals surface area contributed by atoms with Gasteiger partial charge in [0.05, 0.1) is 6.04 Å². The van der Waals surface area contributed by atoms with Crippen LogP contribution in [-0.2, 0) is 11.2 Å². The number of benzene rings is 2. The van der Waals surface area contributed by atoms with Gasteiger partial charge >= 0.3 is 0 Å². The van der Waals surface area contributed by atoms with E-state index in [9.17, 15) is 9.18 Å². The lowest BCUT2D eigenvalue weighted by Crippen LogP contribution is -2.30. The van der Waals surface area contributed by atoms with Crippen molar-refractivity contribution in [3.8, 4) is 11.5 Å². The molecule has 136 valence electrons. The van der Waals surface area contributed by atoms with Crippen LogP contribution in [0, 0.1) is 5.82 Å². The summed E-state index contributed by atoms with van der Waals surface area (Å²) < 4.78 is 25.0. The number of fused-ring (bicyclic) bond motifs is 1. The zero-order chi connectivity index (χ0) is 17.9. The number of ether oxygens (including phenoxy) is 2. The van der Waals surface area contributed by atoms with Crippen molar-refractivity contribution in [2.75, 3.05) is 19.8 Å². The third-order valence-corrected chi connectivity index (χ3v) is 5.09. The summed E-state index contributed by atoms with van der Waals surface area (Å²) in [5.41, 5.74) is 1.67. The van der Waals surface area contributed by atoms with Gasteiger partial charge in [0.1, 0.15) is 19.0 Å². The molecule has 2 aliphatic rings. The summed E-state index contributed by atoms with van der Waals surface area (Å²) in [5.74, 6) is 1.34. The van der Waals surface area contributed by atoms with Crippen molar-refractivity contribution in [3.63, 3.8) is 0 Å². The molecule has 5 heteroatoms. The summed E-state index contributed by atoms with van der Waals surface area (Å²) in [6.07, 6.45) is 2.66. The molecule has 4 nitrogen and oxygen atoms in total. The molecule has 2 heterocycles. The largest absolute Gasteiger partial charge is 0.486 e. The Hall–Kier alpha value is -2.56. The average Bonchev–Trinajstić information content (AvgIpc) is 3.17. The van der Waals surface area contributed by atoms with Gasteiger partial charge in [-0.2, -0.15) is 0 Å². The Balaban J connectivity index is 1.46. The second-order valence-electron chi connectivity index (χ2n) is 6.74. The van der Waals surface area contributed by atoms with Gasteiger partial charge in [0.25, 0.3) is 0 Å². The Morgan fingerprint density at radius 3 is 2.77 bits per heavy atom. The monoisotopic (exact) mass is 355 g/mol. The highest BCUT2D eigenvalue weighted by atomic mass is 19.1. The number of rotatable bonds is 4. The molecule has 2 aromatic rings. The maximum atomic E-state index is 13.8. The standard InChI is InChI=1S/C21H22FNO3/c22-17-5-2-1-4-15(17)8-10-21(24)23-11-3-6-18(23)16-7-9-19-20(14-16)26-13-12-25-19/h1-2,4-5,7,9,14,18H,3,6,8,10-13H2. The number of aryl methyl sites for hydroxylation is 1. The number of halogens is 1. The Labute approximate surface area is 152 Å². The van der Waals surface area contributed by atoms with Gasteiger partial charge in [0.15, 0.2) is 11.5 Å². The topological polar surface area (TPSA) is 38.8 Å². The van der Waals surface area contributed by atoms with Crippen LogP contribution in [0.3, 0.4) is 0 Å². The van der Waals surface area contributed by atoms with Gasteiger partial charge in [0, 0.05) is 13.0 Å². The second kappa shape index (κ2) is 7.36. The minimum Gasteiger partial charge on any atom is -0.486 e. The number of likely N-dealkylation sites (tertiary alicyclic amines) is 1. The highest BCUT2D eigenvalue weighted by molar-refractivity contribution is 5.77. The number of carbonyl (C=O) groups is 1. The van der Waals surface area contributed by atoms with Crippen LogP contribution in [0.4, 0.5) is 4.39 Å². The van der Waals surface area contributed by atoms with Gasteiger partial charge in [-0.1, -0.05) is 24.3 Å². The predicted molar refractivity (Wildman–Crippen MR) is 95.8 cm³/mol. The van der Waals surface area contributed by atoms with E-state index in [0.717, 1.165) is 36.4 Å². The van der Waals surface area contributed by atoms with Crippen LogP contribution in [-0.4, -0.2) is 30.6 Å². The van der Waals surface area contributed by atoms with Crippen LogP contribution in [0.15, 0.2) is 42.5 Å². The van der Waals surface area contributed by atoms with Gasteiger partial charge in [0.2, 0.25) is 5.91 Å². The molecular weight excluding hydrogens is 333 g/mol.